The first-order chi connectivity index (χ1) is 8.16. The number of nitrogens with two attached hydrogens (primary N) is 2. The minimum absolute atomic E-state index is 0.0657. The Balaban J connectivity index is 0.000000686. The number of rotatable bonds is 3. The number of thiol groups is 1. The number of allylic oxidation sites excluding steroid dienone is 1. The summed E-state index contributed by atoms with van der Waals surface area (Å²) in [6.07, 6.45) is 7.17. The third kappa shape index (κ3) is 4.54. The lowest BCUT2D eigenvalue weighted by atomic mass is 10.0. The molecule has 94 valence electrons. The summed E-state index contributed by atoms with van der Waals surface area (Å²) >= 11 is 4.34. The number of hydrogen-bond donors (Lipinski definition) is 3. The van der Waals surface area contributed by atoms with Crippen LogP contribution < -0.4 is 11.5 Å². The maximum atomic E-state index is 5.94. The highest BCUT2D eigenvalue weighted by atomic mass is 32.1. The van der Waals surface area contributed by atoms with Crippen molar-refractivity contribution in [3.63, 3.8) is 0 Å². The molecule has 0 heterocycles. The lowest BCUT2D eigenvalue weighted by Gasteiger charge is -2.10. The van der Waals surface area contributed by atoms with Gasteiger partial charge in [0, 0.05) is 10.9 Å². The Labute approximate surface area is 109 Å². The Kier molecular flexibility index (Phi) is 5.75. The molecule has 1 aromatic carbocycles. The predicted octanol–water partition coefficient (Wildman–Crippen LogP) is 2.99. The quantitative estimate of drug-likeness (QED) is 0.722. The van der Waals surface area contributed by atoms with Crippen molar-refractivity contribution in [2.75, 3.05) is 7.05 Å². The average Bonchev–Trinajstić information content (AvgIpc) is 3.14. The fourth-order valence-corrected chi connectivity index (χ4v) is 1.85. The third-order valence-electron chi connectivity index (χ3n) is 2.73. The lowest BCUT2D eigenvalue weighted by Crippen LogP contribution is -2.06. The van der Waals surface area contributed by atoms with Gasteiger partial charge in [-0.05, 0) is 56.0 Å². The van der Waals surface area contributed by atoms with E-state index in [4.69, 9.17) is 5.73 Å². The van der Waals surface area contributed by atoms with Gasteiger partial charge in [0.15, 0.2) is 0 Å². The molecular formula is C14H22N2S. The fourth-order valence-electron chi connectivity index (χ4n) is 1.64. The van der Waals surface area contributed by atoms with Gasteiger partial charge in [0.1, 0.15) is 0 Å². The predicted molar refractivity (Wildman–Crippen MR) is 78.2 cm³/mol. The largest absolute Gasteiger partial charge is 0.333 e. The molecule has 1 aliphatic carbocycles. The molecule has 1 fully saturated rings. The topological polar surface area (TPSA) is 52.0 Å². The molecule has 0 spiro atoms. The van der Waals surface area contributed by atoms with Crippen molar-refractivity contribution >= 4 is 18.7 Å². The first-order valence-corrected chi connectivity index (χ1v) is 6.46. The van der Waals surface area contributed by atoms with Gasteiger partial charge < -0.3 is 11.5 Å². The molecule has 0 bridgehead atoms. The van der Waals surface area contributed by atoms with Crippen LogP contribution in [0.5, 0.6) is 0 Å². The Morgan fingerprint density at radius 1 is 1.35 bits per heavy atom. The molecule has 0 saturated heterocycles. The van der Waals surface area contributed by atoms with Crippen LogP contribution in [0.1, 0.15) is 36.9 Å². The SMILES string of the molecule is CN.C[C@@H](N)c1cc(S)ccc1/C=C/C1CC1. The molecule has 0 amide bonds. The molecule has 0 radical (unpaired) electrons. The zero-order chi connectivity index (χ0) is 12.8. The standard InChI is InChI=1S/C13H17NS.CH5N/c1-9(14)13-8-12(15)7-6-11(13)5-4-10-2-3-10;1-2/h4-10,15H,2-3,14H2,1H3;2H2,1H3/b5-4+;/t9-;/m1./s1. The van der Waals surface area contributed by atoms with E-state index in [0.717, 1.165) is 10.8 Å². The molecule has 1 saturated carbocycles. The van der Waals surface area contributed by atoms with E-state index in [1.165, 1.54) is 31.0 Å². The summed E-state index contributed by atoms with van der Waals surface area (Å²) in [6, 6.07) is 6.23. The van der Waals surface area contributed by atoms with Crippen LogP contribution in [0, 0.1) is 5.92 Å². The van der Waals surface area contributed by atoms with E-state index >= 15 is 0 Å². The fraction of sp³-hybridized carbons (Fsp3) is 0.429. The molecule has 4 N–H and O–H groups in total. The van der Waals surface area contributed by atoms with Crippen LogP contribution in [0.2, 0.25) is 0 Å². The van der Waals surface area contributed by atoms with Gasteiger partial charge in [0.2, 0.25) is 0 Å². The molecule has 0 aliphatic heterocycles. The van der Waals surface area contributed by atoms with E-state index in [1.54, 1.807) is 0 Å². The summed E-state index contributed by atoms with van der Waals surface area (Å²) < 4.78 is 0. The summed E-state index contributed by atoms with van der Waals surface area (Å²) in [5.41, 5.74) is 12.8. The zero-order valence-corrected chi connectivity index (χ0v) is 11.5. The minimum atomic E-state index is 0.0657. The van der Waals surface area contributed by atoms with Crippen molar-refractivity contribution in [2.45, 2.75) is 30.7 Å². The second kappa shape index (κ2) is 6.84. The highest BCUT2D eigenvalue weighted by molar-refractivity contribution is 7.80. The first-order valence-electron chi connectivity index (χ1n) is 6.01. The molecule has 1 atom stereocenters. The minimum Gasteiger partial charge on any atom is -0.333 e. The van der Waals surface area contributed by atoms with Gasteiger partial charge in [0.05, 0.1) is 0 Å². The van der Waals surface area contributed by atoms with Crippen molar-refractivity contribution < 1.29 is 0 Å². The van der Waals surface area contributed by atoms with E-state index in [9.17, 15) is 0 Å². The van der Waals surface area contributed by atoms with Gasteiger partial charge in [-0.3, -0.25) is 0 Å². The summed E-state index contributed by atoms with van der Waals surface area (Å²) in [5, 5.41) is 0. The Hall–Kier alpha value is -0.770. The van der Waals surface area contributed by atoms with Crippen LogP contribution in [0.4, 0.5) is 0 Å². The molecule has 0 aromatic heterocycles. The van der Waals surface area contributed by atoms with Crippen molar-refractivity contribution in [2.24, 2.45) is 17.4 Å². The molecule has 2 rings (SSSR count). The first kappa shape index (κ1) is 14.3. The lowest BCUT2D eigenvalue weighted by molar-refractivity contribution is 0.812. The molecule has 1 aliphatic rings. The Morgan fingerprint density at radius 2 is 2.00 bits per heavy atom. The molecule has 3 heteroatoms. The second-order valence-corrected chi connectivity index (χ2v) is 4.81. The van der Waals surface area contributed by atoms with Crippen molar-refractivity contribution in [3.05, 3.63) is 35.4 Å². The van der Waals surface area contributed by atoms with E-state index in [2.05, 4.69) is 42.6 Å². The third-order valence-corrected chi connectivity index (χ3v) is 3.01. The van der Waals surface area contributed by atoms with Gasteiger partial charge in [-0.15, -0.1) is 12.6 Å². The monoisotopic (exact) mass is 250 g/mol. The summed E-state index contributed by atoms with van der Waals surface area (Å²) in [6.45, 7) is 2.01. The van der Waals surface area contributed by atoms with Gasteiger partial charge in [-0.2, -0.15) is 0 Å². The van der Waals surface area contributed by atoms with Crippen LogP contribution in [0.3, 0.4) is 0 Å². The highest BCUT2D eigenvalue weighted by Crippen LogP contribution is 2.31. The molecule has 0 unspecified atom stereocenters. The van der Waals surface area contributed by atoms with E-state index in [-0.39, 0.29) is 6.04 Å². The number of benzene rings is 1. The van der Waals surface area contributed by atoms with Gasteiger partial charge in [-0.1, -0.05) is 18.2 Å². The van der Waals surface area contributed by atoms with Crippen LogP contribution >= 0.6 is 12.6 Å². The van der Waals surface area contributed by atoms with Crippen LogP contribution in [0.15, 0.2) is 29.2 Å². The Bertz CT molecular complexity index is 382. The highest BCUT2D eigenvalue weighted by Gasteiger charge is 2.17. The van der Waals surface area contributed by atoms with Crippen LogP contribution in [-0.4, -0.2) is 7.05 Å². The summed E-state index contributed by atoms with van der Waals surface area (Å²) in [4.78, 5) is 0.978. The summed E-state index contributed by atoms with van der Waals surface area (Å²) in [7, 11) is 1.50. The van der Waals surface area contributed by atoms with E-state index in [0.29, 0.717) is 0 Å². The average molecular weight is 250 g/mol. The van der Waals surface area contributed by atoms with E-state index < -0.39 is 0 Å². The second-order valence-electron chi connectivity index (χ2n) is 4.30. The van der Waals surface area contributed by atoms with Gasteiger partial charge >= 0.3 is 0 Å². The van der Waals surface area contributed by atoms with Crippen molar-refractivity contribution in [3.8, 4) is 0 Å². The molecule has 17 heavy (non-hydrogen) atoms. The Morgan fingerprint density at radius 3 is 2.53 bits per heavy atom. The molecular weight excluding hydrogens is 228 g/mol. The zero-order valence-electron chi connectivity index (χ0n) is 10.6. The maximum Gasteiger partial charge on any atom is 0.0272 e. The van der Waals surface area contributed by atoms with Gasteiger partial charge in [-0.25, -0.2) is 0 Å². The molecule has 2 nitrogen and oxygen atoms in total. The van der Waals surface area contributed by atoms with Crippen molar-refractivity contribution in [1.82, 2.24) is 0 Å². The summed E-state index contributed by atoms with van der Waals surface area (Å²) in [5.74, 6) is 0.807. The number of hydrogen-bond acceptors (Lipinski definition) is 3. The normalized spacial score (nSPS) is 16.5. The molecule has 1 aromatic rings. The smallest absolute Gasteiger partial charge is 0.0272 e. The van der Waals surface area contributed by atoms with Crippen LogP contribution in [0.25, 0.3) is 6.08 Å². The maximum absolute atomic E-state index is 5.94. The van der Waals surface area contributed by atoms with E-state index in [1.807, 2.05) is 13.0 Å². The van der Waals surface area contributed by atoms with Gasteiger partial charge in [0.25, 0.3) is 0 Å². The van der Waals surface area contributed by atoms with Crippen molar-refractivity contribution in [1.29, 1.82) is 0 Å². The van der Waals surface area contributed by atoms with Crippen LogP contribution in [-0.2, 0) is 0 Å².